The standard InChI is InChI=1S/C14H23N3OS2/c1-10(2)15-9-12-13(11-3-4-11)16-14(19-12)17-5-7-20(18)8-6-17/h10-11,15H,3-9H2,1-2H3. The molecule has 0 radical (unpaired) electrons. The Bertz CT molecular complexity index is 487. The predicted molar refractivity (Wildman–Crippen MR) is 86.2 cm³/mol. The Morgan fingerprint density at radius 1 is 1.40 bits per heavy atom. The van der Waals surface area contributed by atoms with Crippen molar-refractivity contribution >= 4 is 27.3 Å². The average Bonchev–Trinajstić information content (AvgIpc) is 3.18. The van der Waals surface area contributed by atoms with E-state index in [1.165, 1.54) is 23.4 Å². The van der Waals surface area contributed by atoms with Crippen LogP contribution in [0.5, 0.6) is 0 Å². The Balaban J connectivity index is 1.74. The number of anilines is 1. The van der Waals surface area contributed by atoms with E-state index in [-0.39, 0.29) is 0 Å². The Morgan fingerprint density at radius 2 is 2.10 bits per heavy atom. The summed E-state index contributed by atoms with van der Waals surface area (Å²) in [7, 11) is -0.616. The van der Waals surface area contributed by atoms with Crippen LogP contribution in [0.15, 0.2) is 0 Å². The second-order valence-electron chi connectivity index (χ2n) is 5.95. The monoisotopic (exact) mass is 313 g/mol. The van der Waals surface area contributed by atoms with Gasteiger partial charge in [0.05, 0.1) is 5.69 Å². The molecule has 0 atom stereocenters. The highest BCUT2D eigenvalue weighted by atomic mass is 32.2. The first-order valence-corrected chi connectivity index (χ1v) is 9.77. The molecule has 6 heteroatoms. The van der Waals surface area contributed by atoms with Crippen LogP contribution in [0.4, 0.5) is 5.13 Å². The molecule has 2 aliphatic rings. The van der Waals surface area contributed by atoms with Crippen molar-refractivity contribution < 1.29 is 4.21 Å². The maximum absolute atomic E-state index is 11.5. The van der Waals surface area contributed by atoms with Gasteiger partial charge >= 0.3 is 0 Å². The van der Waals surface area contributed by atoms with Gasteiger partial charge in [0.25, 0.3) is 0 Å². The van der Waals surface area contributed by atoms with Crippen molar-refractivity contribution in [1.82, 2.24) is 10.3 Å². The number of thiazole rings is 1. The van der Waals surface area contributed by atoms with Gasteiger partial charge in [-0.1, -0.05) is 13.8 Å². The van der Waals surface area contributed by atoms with Gasteiger partial charge in [0.15, 0.2) is 5.13 Å². The van der Waals surface area contributed by atoms with Gasteiger partial charge in [-0.15, -0.1) is 11.3 Å². The molecule has 1 aliphatic heterocycles. The second kappa shape index (κ2) is 6.12. The largest absolute Gasteiger partial charge is 0.346 e. The van der Waals surface area contributed by atoms with Gasteiger partial charge in [0.2, 0.25) is 0 Å². The van der Waals surface area contributed by atoms with Crippen LogP contribution in [-0.2, 0) is 17.3 Å². The van der Waals surface area contributed by atoms with Crippen molar-refractivity contribution in [3.8, 4) is 0 Å². The van der Waals surface area contributed by atoms with Crippen LogP contribution in [-0.4, -0.2) is 39.8 Å². The van der Waals surface area contributed by atoms with Crippen LogP contribution in [0.1, 0.15) is 43.2 Å². The van der Waals surface area contributed by atoms with Crippen molar-refractivity contribution in [2.75, 3.05) is 29.5 Å². The van der Waals surface area contributed by atoms with Crippen LogP contribution >= 0.6 is 11.3 Å². The highest BCUT2D eigenvalue weighted by molar-refractivity contribution is 7.85. The lowest BCUT2D eigenvalue weighted by molar-refractivity contribution is 0.590. The van der Waals surface area contributed by atoms with Gasteiger partial charge in [0.1, 0.15) is 0 Å². The van der Waals surface area contributed by atoms with E-state index in [2.05, 4.69) is 24.1 Å². The molecule has 0 aromatic carbocycles. The van der Waals surface area contributed by atoms with Gasteiger partial charge in [-0.3, -0.25) is 4.21 Å². The average molecular weight is 313 g/mol. The molecule has 0 amide bonds. The second-order valence-corrected chi connectivity index (χ2v) is 8.71. The summed E-state index contributed by atoms with van der Waals surface area (Å²) >= 11 is 1.83. The van der Waals surface area contributed by atoms with E-state index in [0.29, 0.717) is 12.0 Å². The van der Waals surface area contributed by atoms with Gasteiger partial charge < -0.3 is 10.2 Å². The van der Waals surface area contributed by atoms with E-state index in [0.717, 1.165) is 36.3 Å². The maximum atomic E-state index is 11.5. The van der Waals surface area contributed by atoms with Crippen molar-refractivity contribution in [3.63, 3.8) is 0 Å². The molecule has 2 fully saturated rings. The summed E-state index contributed by atoms with van der Waals surface area (Å²) in [6.45, 7) is 7.07. The molecule has 112 valence electrons. The highest BCUT2D eigenvalue weighted by Crippen LogP contribution is 2.44. The molecule has 1 saturated heterocycles. The lowest BCUT2D eigenvalue weighted by Gasteiger charge is -2.25. The molecule has 20 heavy (non-hydrogen) atoms. The van der Waals surface area contributed by atoms with E-state index in [1.807, 2.05) is 11.3 Å². The van der Waals surface area contributed by atoms with E-state index >= 15 is 0 Å². The van der Waals surface area contributed by atoms with Gasteiger partial charge in [-0.25, -0.2) is 4.98 Å². The first kappa shape index (κ1) is 14.5. The van der Waals surface area contributed by atoms with Crippen LogP contribution in [0.25, 0.3) is 0 Å². The number of hydrogen-bond donors (Lipinski definition) is 1. The smallest absolute Gasteiger partial charge is 0.185 e. The molecule has 1 saturated carbocycles. The Kier molecular flexibility index (Phi) is 4.43. The first-order valence-electron chi connectivity index (χ1n) is 7.46. The number of rotatable bonds is 5. The quantitative estimate of drug-likeness (QED) is 0.904. The Morgan fingerprint density at radius 3 is 2.70 bits per heavy atom. The van der Waals surface area contributed by atoms with Gasteiger partial charge in [0, 0.05) is 58.8 Å². The minimum absolute atomic E-state index is 0.505. The summed E-state index contributed by atoms with van der Waals surface area (Å²) < 4.78 is 11.5. The van der Waals surface area contributed by atoms with Gasteiger partial charge in [-0.2, -0.15) is 0 Å². The summed E-state index contributed by atoms with van der Waals surface area (Å²) in [5, 5.41) is 4.65. The van der Waals surface area contributed by atoms with Crippen LogP contribution < -0.4 is 10.2 Å². The zero-order chi connectivity index (χ0) is 14.1. The number of aromatic nitrogens is 1. The SMILES string of the molecule is CC(C)NCc1sc(N2CCS(=O)CC2)nc1C1CC1. The molecule has 0 bridgehead atoms. The molecular weight excluding hydrogens is 290 g/mol. The van der Waals surface area contributed by atoms with Crippen LogP contribution in [0.3, 0.4) is 0 Å². The maximum Gasteiger partial charge on any atom is 0.185 e. The molecule has 0 unspecified atom stereocenters. The van der Waals surface area contributed by atoms with Crippen molar-refractivity contribution in [2.24, 2.45) is 0 Å². The van der Waals surface area contributed by atoms with Crippen molar-refractivity contribution in [2.45, 2.75) is 45.2 Å². The van der Waals surface area contributed by atoms with E-state index in [1.54, 1.807) is 0 Å². The van der Waals surface area contributed by atoms with Crippen LogP contribution in [0.2, 0.25) is 0 Å². The Hall–Kier alpha value is -0.460. The lowest BCUT2D eigenvalue weighted by atomic mass is 10.2. The fraction of sp³-hybridized carbons (Fsp3) is 0.786. The minimum atomic E-state index is -0.616. The van der Waals surface area contributed by atoms with Gasteiger partial charge in [-0.05, 0) is 12.8 Å². The summed E-state index contributed by atoms with van der Waals surface area (Å²) in [5.74, 6) is 2.28. The molecule has 1 aromatic rings. The molecule has 2 heterocycles. The number of hydrogen-bond acceptors (Lipinski definition) is 5. The van der Waals surface area contributed by atoms with Crippen LogP contribution in [0, 0.1) is 0 Å². The molecule has 3 rings (SSSR count). The zero-order valence-corrected chi connectivity index (χ0v) is 13.9. The summed E-state index contributed by atoms with van der Waals surface area (Å²) in [4.78, 5) is 8.63. The summed E-state index contributed by atoms with van der Waals surface area (Å²) in [6.07, 6.45) is 2.59. The Labute approximate surface area is 127 Å². The number of nitrogens with one attached hydrogen (secondary N) is 1. The fourth-order valence-corrected chi connectivity index (χ4v) is 4.61. The molecule has 1 N–H and O–H groups in total. The van der Waals surface area contributed by atoms with E-state index in [4.69, 9.17) is 4.98 Å². The van der Waals surface area contributed by atoms with Crippen molar-refractivity contribution in [3.05, 3.63) is 10.6 Å². The third-order valence-corrected chi connectivity index (χ3v) is 6.21. The first-order chi connectivity index (χ1) is 9.63. The van der Waals surface area contributed by atoms with E-state index in [9.17, 15) is 4.21 Å². The third-order valence-electron chi connectivity index (χ3n) is 3.80. The normalized spacial score (nSPS) is 20.9. The number of nitrogens with zero attached hydrogens (tertiary/aromatic N) is 2. The summed E-state index contributed by atoms with van der Waals surface area (Å²) in [6, 6.07) is 0.505. The zero-order valence-electron chi connectivity index (χ0n) is 12.2. The minimum Gasteiger partial charge on any atom is -0.346 e. The molecule has 1 aromatic heterocycles. The predicted octanol–water partition coefficient (Wildman–Crippen LogP) is 2.09. The molecule has 1 aliphatic carbocycles. The van der Waals surface area contributed by atoms with Crippen molar-refractivity contribution in [1.29, 1.82) is 0 Å². The fourth-order valence-electron chi connectivity index (χ4n) is 2.41. The molecular formula is C14H23N3OS2. The molecule has 0 spiro atoms. The third kappa shape index (κ3) is 3.40. The van der Waals surface area contributed by atoms with E-state index < -0.39 is 10.8 Å². The summed E-state index contributed by atoms with van der Waals surface area (Å²) in [5.41, 5.74) is 1.32. The highest BCUT2D eigenvalue weighted by Gasteiger charge is 2.31. The molecule has 4 nitrogen and oxygen atoms in total. The lowest BCUT2D eigenvalue weighted by Crippen LogP contribution is -2.37. The topological polar surface area (TPSA) is 45.2 Å².